The van der Waals surface area contributed by atoms with E-state index in [0.717, 1.165) is 0 Å². The molecule has 7 nitrogen and oxygen atoms in total. The molecule has 3 heterocycles. The number of hydrogen-bond acceptors (Lipinski definition) is 7. The van der Waals surface area contributed by atoms with E-state index in [0.29, 0.717) is 15.8 Å². The average Bonchev–Trinajstić information content (AvgIpc) is 2.54. The number of esters is 1. The number of ether oxygens (including phenoxy) is 2. The Morgan fingerprint density at radius 2 is 1.87 bits per heavy atom. The van der Waals surface area contributed by atoms with Crippen LogP contribution in [0.2, 0.25) is 10.0 Å². The summed E-state index contributed by atoms with van der Waals surface area (Å²) in [6, 6.07) is 4.67. The van der Waals surface area contributed by atoms with Crippen LogP contribution in [0, 0.1) is 5.41 Å². The molecule has 0 aliphatic carbocycles. The predicted octanol–water partition coefficient (Wildman–Crippen LogP) is 3.09. The minimum Gasteiger partial charge on any atom is -0.480 e. The van der Waals surface area contributed by atoms with E-state index in [2.05, 4.69) is 0 Å². The van der Waals surface area contributed by atoms with Crippen LogP contribution in [0.4, 0.5) is 0 Å². The minimum absolute atomic E-state index is 0.0174. The van der Waals surface area contributed by atoms with E-state index < -0.39 is 19.2 Å². The molecule has 0 N–H and O–H groups in total. The van der Waals surface area contributed by atoms with Crippen LogP contribution in [-0.2, 0) is 27.7 Å². The van der Waals surface area contributed by atoms with Gasteiger partial charge < -0.3 is 9.47 Å². The highest BCUT2D eigenvalue weighted by atomic mass is 35.5. The minimum atomic E-state index is -3.37. The SMILES string of the molecule is O=C(COc1ccc(Cl)cc1Cl)OCC12COP(=O)(OC1)OC2. The van der Waals surface area contributed by atoms with Crippen molar-refractivity contribution in [3.05, 3.63) is 28.2 Å². The summed E-state index contributed by atoms with van der Waals surface area (Å²) in [5, 5.41) is 0.769. The van der Waals surface area contributed by atoms with Crippen molar-refractivity contribution in [2.75, 3.05) is 33.0 Å². The first-order chi connectivity index (χ1) is 10.9. The predicted molar refractivity (Wildman–Crippen MR) is 80.8 cm³/mol. The fourth-order valence-corrected chi connectivity index (χ4v) is 4.00. The van der Waals surface area contributed by atoms with E-state index >= 15 is 0 Å². The Morgan fingerprint density at radius 1 is 1.22 bits per heavy atom. The van der Waals surface area contributed by atoms with Gasteiger partial charge >= 0.3 is 13.8 Å². The molecule has 0 saturated carbocycles. The molecule has 3 saturated heterocycles. The van der Waals surface area contributed by atoms with Gasteiger partial charge in [0.25, 0.3) is 0 Å². The molecule has 10 heteroatoms. The molecule has 3 fully saturated rings. The Morgan fingerprint density at radius 3 is 2.48 bits per heavy atom. The van der Waals surface area contributed by atoms with Crippen LogP contribution < -0.4 is 4.74 Å². The quantitative estimate of drug-likeness (QED) is 0.571. The van der Waals surface area contributed by atoms with Gasteiger partial charge in [0.2, 0.25) is 0 Å². The summed E-state index contributed by atoms with van der Waals surface area (Å²) in [6.07, 6.45) is 0. The van der Waals surface area contributed by atoms with Crippen molar-refractivity contribution >= 4 is 37.0 Å². The first-order valence-corrected chi connectivity index (χ1v) is 8.89. The average molecular weight is 383 g/mol. The van der Waals surface area contributed by atoms with Gasteiger partial charge in [0.1, 0.15) is 12.4 Å². The first kappa shape index (κ1) is 17.0. The van der Waals surface area contributed by atoms with Gasteiger partial charge in [-0.1, -0.05) is 23.2 Å². The number of phosphoric acid groups is 1. The highest BCUT2D eigenvalue weighted by Crippen LogP contribution is 2.59. The maximum atomic E-state index is 11.8. The zero-order valence-corrected chi connectivity index (χ0v) is 14.2. The van der Waals surface area contributed by atoms with Crippen LogP contribution in [0.5, 0.6) is 5.75 Å². The van der Waals surface area contributed by atoms with Crippen molar-refractivity contribution in [3.63, 3.8) is 0 Å². The van der Waals surface area contributed by atoms with Crippen molar-refractivity contribution < 1.29 is 32.4 Å². The molecule has 3 aliphatic heterocycles. The third-order valence-corrected chi connectivity index (χ3v) is 5.23. The Labute approximate surface area is 142 Å². The second kappa shape index (κ2) is 6.59. The number of fused-ring (bicyclic) bond motifs is 3. The molecule has 23 heavy (non-hydrogen) atoms. The summed E-state index contributed by atoms with van der Waals surface area (Å²) < 4.78 is 37.1. The second-order valence-corrected chi connectivity index (χ2v) is 7.80. The molecular weight excluding hydrogens is 370 g/mol. The number of carbonyl (C=O) groups excluding carboxylic acids is 1. The fourth-order valence-electron chi connectivity index (χ4n) is 2.01. The number of hydrogen-bond donors (Lipinski definition) is 0. The van der Waals surface area contributed by atoms with Gasteiger partial charge in [-0.15, -0.1) is 0 Å². The maximum absolute atomic E-state index is 11.8. The van der Waals surface area contributed by atoms with Crippen molar-refractivity contribution in [1.29, 1.82) is 0 Å². The summed E-state index contributed by atoms with van der Waals surface area (Å²) in [4.78, 5) is 11.8. The zero-order chi connectivity index (χ0) is 16.5. The third kappa shape index (κ3) is 3.99. The molecule has 0 atom stereocenters. The lowest BCUT2D eigenvalue weighted by molar-refractivity contribution is -0.161. The molecule has 0 unspecified atom stereocenters. The lowest BCUT2D eigenvalue weighted by atomic mass is 9.92. The zero-order valence-electron chi connectivity index (χ0n) is 11.8. The molecule has 126 valence electrons. The summed E-state index contributed by atoms with van der Waals surface area (Å²) >= 11 is 11.7. The van der Waals surface area contributed by atoms with E-state index in [1.54, 1.807) is 12.1 Å². The van der Waals surface area contributed by atoms with Gasteiger partial charge in [0.15, 0.2) is 6.61 Å². The molecule has 0 amide bonds. The Bertz CT molecular complexity index is 634. The Balaban J connectivity index is 1.47. The largest absolute Gasteiger partial charge is 0.480 e. The van der Waals surface area contributed by atoms with Gasteiger partial charge in [-0.25, -0.2) is 9.36 Å². The van der Waals surface area contributed by atoms with E-state index in [1.807, 2.05) is 0 Å². The molecule has 0 spiro atoms. The van der Waals surface area contributed by atoms with Crippen LogP contribution in [0.25, 0.3) is 0 Å². The summed E-state index contributed by atoms with van der Waals surface area (Å²) in [7, 11) is -3.37. The fraction of sp³-hybridized carbons (Fsp3) is 0.462. The molecule has 4 rings (SSSR count). The molecule has 3 aliphatic rings. The van der Waals surface area contributed by atoms with E-state index in [1.165, 1.54) is 6.07 Å². The van der Waals surface area contributed by atoms with E-state index in [9.17, 15) is 9.36 Å². The van der Waals surface area contributed by atoms with Crippen LogP contribution in [0.1, 0.15) is 0 Å². The highest BCUT2D eigenvalue weighted by Gasteiger charge is 2.51. The van der Waals surface area contributed by atoms with Gasteiger partial charge in [-0.3, -0.25) is 13.6 Å². The standard InChI is InChI=1S/C13H13Cl2O7P/c14-9-1-2-11(10(15)3-9)18-4-12(16)19-5-13-6-20-23(17,21-7-13)22-8-13/h1-3H,4-8H2. The van der Waals surface area contributed by atoms with E-state index in [4.69, 9.17) is 46.2 Å². The smallest absolute Gasteiger partial charge is 0.474 e. The van der Waals surface area contributed by atoms with Crippen molar-refractivity contribution in [2.24, 2.45) is 5.41 Å². The first-order valence-electron chi connectivity index (χ1n) is 6.67. The Hall–Kier alpha value is -0.820. The van der Waals surface area contributed by atoms with Gasteiger partial charge in [0, 0.05) is 5.02 Å². The summed E-state index contributed by atoms with van der Waals surface area (Å²) in [6.45, 7) is 0.173. The van der Waals surface area contributed by atoms with E-state index in [-0.39, 0.29) is 33.0 Å². The van der Waals surface area contributed by atoms with Crippen LogP contribution >= 0.6 is 31.0 Å². The number of halogens is 2. The van der Waals surface area contributed by atoms with Crippen molar-refractivity contribution in [2.45, 2.75) is 0 Å². The summed E-state index contributed by atoms with van der Waals surface area (Å²) in [5.41, 5.74) is -0.639. The number of benzene rings is 1. The lowest BCUT2D eigenvalue weighted by Gasteiger charge is -2.43. The monoisotopic (exact) mass is 382 g/mol. The van der Waals surface area contributed by atoms with Gasteiger partial charge in [-0.05, 0) is 18.2 Å². The number of rotatable bonds is 5. The number of phosphoric ester groups is 1. The van der Waals surface area contributed by atoms with Crippen LogP contribution in [0.3, 0.4) is 0 Å². The molecule has 1 aromatic carbocycles. The Kier molecular flexibility index (Phi) is 4.88. The molecule has 2 bridgehead atoms. The lowest BCUT2D eigenvalue weighted by Crippen LogP contribution is -2.48. The topological polar surface area (TPSA) is 80.3 Å². The third-order valence-electron chi connectivity index (χ3n) is 3.37. The molecule has 1 aromatic rings. The normalized spacial score (nSPS) is 29.3. The highest BCUT2D eigenvalue weighted by molar-refractivity contribution is 7.48. The van der Waals surface area contributed by atoms with Crippen LogP contribution in [-0.4, -0.2) is 39.0 Å². The molecular formula is C13H13Cl2O7P. The second-order valence-electron chi connectivity index (χ2n) is 5.29. The van der Waals surface area contributed by atoms with Crippen molar-refractivity contribution in [3.8, 4) is 5.75 Å². The maximum Gasteiger partial charge on any atom is 0.474 e. The molecule has 0 radical (unpaired) electrons. The molecule has 0 aromatic heterocycles. The van der Waals surface area contributed by atoms with Crippen molar-refractivity contribution in [1.82, 2.24) is 0 Å². The summed E-state index contributed by atoms with van der Waals surface area (Å²) in [5.74, 6) is -0.248. The van der Waals surface area contributed by atoms with Gasteiger partial charge in [0.05, 0.1) is 30.3 Å². The van der Waals surface area contributed by atoms with Gasteiger partial charge in [-0.2, -0.15) is 0 Å². The van der Waals surface area contributed by atoms with Crippen LogP contribution in [0.15, 0.2) is 18.2 Å². The number of carbonyl (C=O) groups is 1.